The number of hydrogen-bond donors (Lipinski definition) is 0. The van der Waals surface area contributed by atoms with Gasteiger partial charge in [0.2, 0.25) is 5.91 Å². The van der Waals surface area contributed by atoms with Crippen LogP contribution in [0.5, 0.6) is 0 Å². The monoisotopic (exact) mass is 181 g/mol. The second kappa shape index (κ2) is 3.00. The molecule has 0 N–H and O–H groups in total. The summed E-state index contributed by atoms with van der Waals surface area (Å²) >= 11 is 0. The van der Waals surface area contributed by atoms with Gasteiger partial charge < -0.3 is 4.90 Å². The highest BCUT2D eigenvalue weighted by Crippen LogP contribution is 2.42. The standard InChI is InChI=1S/C11H19NO/c1-7(2)12-6-9-4-5-10(8(9)3)11(12)13/h7-10H,4-6H2,1-3H3/t8?,9-,10-/m1/s1. The van der Waals surface area contributed by atoms with Gasteiger partial charge in [0.1, 0.15) is 0 Å². The summed E-state index contributed by atoms with van der Waals surface area (Å²) in [7, 11) is 0. The third kappa shape index (κ3) is 1.27. The van der Waals surface area contributed by atoms with Crippen molar-refractivity contribution in [2.45, 2.75) is 39.7 Å². The fourth-order valence-corrected chi connectivity index (χ4v) is 2.87. The summed E-state index contributed by atoms with van der Waals surface area (Å²) in [5, 5.41) is 0. The van der Waals surface area contributed by atoms with Crippen molar-refractivity contribution in [3.8, 4) is 0 Å². The van der Waals surface area contributed by atoms with Crippen LogP contribution in [0, 0.1) is 17.8 Å². The molecule has 1 saturated heterocycles. The first-order valence-electron chi connectivity index (χ1n) is 5.41. The van der Waals surface area contributed by atoms with Crippen molar-refractivity contribution < 1.29 is 4.79 Å². The largest absolute Gasteiger partial charge is 0.340 e. The van der Waals surface area contributed by atoms with E-state index in [1.807, 2.05) is 0 Å². The van der Waals surface area contributed by atoms with Crippen LogP contribution in [0.25, 0.3) is 0 Å². The van der Waals surface area contributed by atoms with Crippen LogP contribution >= 0.6 is 0 Å². The lowest BCUT2D eigenvalue weighted by atomic mass is 9.86. The minimum absolute atomic E-state index is 0.348. The Kier molecular flexibility index (Phi) is 2.09. The molecule has 2 aliphatic rings. The Hall–Kier alpha value is -0.530. The first-order chi connectivity index (χ1) is 6.11. The van der Waals surface area contributed by atoms with Crippen molar-refractivity contribution in [3.05, 3.63) is 0 Å². The van der Waals surface area contributed by atoms with Crippen molar-refractivity contribution in [1.29, 1.82) is 0 Å². The molecule has 1 saturated carbocycles. The lowest BCUT2D eigenvalue weighted by molar-refractivity contribution is -0.142. The third-order valence-corrected chi connectivity index (χ3v) is 3.88. The second-order valence-corrected chi connectivity index (χ2v) is 4.89. The number of carbonyl (C=O) groups excluding carboxylic acids is 1. The van der Waals surface area contributed by atoms with Crippen LogP contribution in [-0.4, -0.2) is 23.4 Å². The van der Waals surface area contributed by atoms with Crippen LogP contribution < -0.4 is 0 Å². The number of piperidine rings is 1. The molecule has 0 aromatic heterocycles. The fraction of sp³-hybridized carbons (Fsp3) is 0.909. The molecular weight excluding hydrogens is 162 g/mol. The van der Waals surface area contributed by atoms with E-state index in [4.69, 9.17) is 0 Å². The number of amides is 1. The molecule has 1 amide bonds. The maximum absolute atomic E-state index is 12.0. The van der Waals surface area contributed by atoms with E-state index >= 15 is 0 Å². The molecule has 13 heavy (non-hydrogen) atoms. The van der Waals surface area contributed by atoms with Gasteiger partial charge in [-0.3, -0.25) is 4.79 Å². The average Bonchev–Trinajstić information content (AvgIpc) is 2.29. The first-order valence-corrected chi connectivity index (χ1v) is 5.41. The maximum atomic E-state index is 12.0. The summed E-state index contributed by atoms with van der Waals surface area (Å²) < 4.78 is 0. The molecule has 2 fully saturated rings. The number of fused-ring (bicyclic) bond motifs is 2. The van der Waals surface area contributed by atoms with Crippen LogP contribution in [-0.2, 0) is 4.79 Å². The van der Waals surface area contributed by atoms with Crippen molar-refractivity contribution in [2.75, 3.05) is 6.54 Å². The molecule has 74 valence electrons. The van der Waals surface area contributed by atoms with Crippen molar-refractivity contribution in [2.24, 2.45) is 17.8 Å². The Morgan fingerprint density at radius 1 is 1.38 bits per heavy atom. The molecule has 0 spiro atoms. The fourth-order valence-electron chi connectivity index (χ4n) is 2.87. The van der Waals surface area contributed by atoms with Crippen LogP contribution in [0.1, 0.15) is 33.6 Å². The van der Waals surface area contributed by atoms with E-state index in [2.05, 4.69) is 25.7 Å². The zero-order valence-corrected chi connectivity index (χ0v) is 8.79. The molecule has 1 heterocycles. The van der Waals surface area contributed by atoms with Gasteiger partial charge in [-0.2, -0.15) is 0 Å². The highest BCUT2D eigenvalue weighted by atomic mass is 16.2. The van der Waals surface area contributed by atoms with Gasteiger partial charge >= 0.3 is 0 Å². The summed E-state index contributed by atoms with van der Waals surface area (Å²) in [6, 6.07) is 0.392. The molecule has 1 aliphatic heterocycles. The summed E-state index contributed by atoms with van der Waals surface area (Å²) in [6.07, 6.45) is 2.40. The van der Waals surface area contributed by atoms with Gasteiger partial charge in [0.15, 0.2) is 0 Å². The van der Waals surface area contributed by atoms with Crippen LogP contribution in [0.15, 0.2) is 0 Å². The van der Waals surface area contributed by atoms with Gasteiger partial charge in [-0.25, -0.2) is 0 Å². The van der Waals surface area contributed by atoms with E-state index in [9.17, 15) is 4.79 Å². The topological polar surface area (TPSA) is 20.3 Å². The lowest BCUT2D eigenvalue weighted by Gasteiger charge is -2.38. The van der Waals surface area contributed by atoms with Crippen LogP contribution in [0.3, 0.4) is 0 Å². The number of carbonyl (C=O) groups is 1. The minimum Gasteiger partial charge on any atom is -0.340 e. The van der Waals surface area contributed by atoms with Gasteiger partial charge in [-0.05, 0) is 38.5 Å². The van der Waals surface area contributed by atoms with Gasteiger partial charge in [0.05, 0.1) is 0 Å². The third-order valence-electron chi connectivity index (χ3n) is 3.88. The molecule has 2 rings (SSSR count). The van der Waals surface area contributed by atoms with Gasteiger partial charge in [-0.15, -0.1) is 0 Å². The normalized spacial score (nSPS) is 38.9. The Labute approximate surface area is 80.3 Å². The van der Waals surface area contributed by atoms with Crippen molar-refractivity contribution in [3.63, 3.8) is 0 Å². The zero-order valence-electron chi connectivity index (χ0n) is 8.79. The highest BCUT2D eigenvalue weighted by Gasteiger charge is 2.45. The predicted octanol–water partition coefficient (Wildman–Crippen LogP) is 1.90. The summed E-state index contributed by atoms with van der Waals surface area (Å²) in [6.45, 7) is 7.49. The molecule has 2 heteroatoms. The van der Waals surface area contributed by atoms with E-state index in [-0.39, 0.29) is 0 Å². The minimum atomic E-state index is 0.348. The molecule has 3 atom stereocenters. The summed E-state index contributed by atoms with van der Waals surface area (Å²) in [5.74, 6) is 2.19. The maximum Gasteiger partial charge on any atom is 0.226 e. The lowest BCUT2D eigenvalue weighted by Crippen LogP contribution is -2.48. The Bertz CT molecular complexity index is 224. The van der Waals surface area contributed by atoms with Gasteiger partial charge in [0.25, 0.3) is 0 Å². The predicted molar refractivity (Wildman–Crippen MR) is 52.2 cm³/mol. The summed E-state index contributed by atoms with van der Waals surface area (Å²) in [5.41, 5.74) is 0. The molecule has 0 aromatic rings. The number of likely N-dealkylation sites (tertiary alicyclic amines) is 1. The Morgan fingerprint density at radius 2 is 2.08 bits per heavy atom. The molecule has 0 radical (unpaired) electrons. The van der Waals surface area contributed by atoms with Crippen molar-refractivity contribution in [1.82, 2.24) is 4.90 Å². The van der Waals surface area contributed by atoms with E-state index in [0.29, 0.717) is 23.8 Å². The smallest absolute Gasteiger partial charge is 0.226 e. The van der Waals surface area contributed by atoms with Crippen LogP contribution in [0.2, 0.25) is 0 Å². The molecule has 1 aliphatic carbocycles. The van der Waals surface area contributed by atoms with E-state index in [0.717, 1.165) is 18.9 Å². The zero-order chi connectivity index (χ0) is 9.59. The SMILES string of the molecule is CC1[C@@H]2CC[C@H]1C(=O)N(C(C)C)C2. The number of hydrogen-bond acceptors (Lipinski definition) is 1. The average molecular weight is 181 g/mol. The van der Waals surface area contributed by atoms with Crippen LogP contribution in [0.4, 0.5) is 0 Å². The molecule has 0 aromatic carbocycles. The van der Waals surface area contributed by atoms with Crippen molar-refractivity contribution >= 4 is 5.91 Å². The molecule has 2 nitrogen and oxygen atoms in total. The molecule has 1 unspecified atom stereocenters. The Balaban J connectivity index is 2.18. The van der Waals surface area contributed by atoms with Gasteiger partial charge in [0, 0.05) is 18.5 Å². The summed E-state index contributed by atoms with van der Waals surface area (Å²) in [4.78, 5) is 14.0. The van der Waals surface area contributed by atoms with E-state index in [1.54, 1.807) is 0 Å². The molecule has 2 bridgehead atoms. The number of rotatable bonds is 1. The second-order valence-electron chi connectivity index (χ2n) is 4.89. The van der Waals surface area contributed by atoms with Gasteiger partial charge in [-0.1, -0.05) is 6.92 Å². The Morgan fingerprint density at radius 3 is 2.69 bits per heavy atom. The van der Waals surface area contributed by atoms with E-state index in [1.165, 1.54) is 6.42 Å². The van der Waals surface area contributed by atoms with E-state index < -0.39 is 0 Å². The molecular formula is C11H19NO. The highest BCUT2D eigenvalue weighted by molar-refractivity contribution is 5.80. The quantitative estimate of drug-likeness (QED) is 0.605. The first kappa shape index (κ1) is 9.04. The number of nitrogens with zero attached hydrogens (tertiary/aromatic N) is 1.